The van der Waals surface area contributed by atoms with E-state index in [4.69, 9.17) is 0 Å². The van der Waals surface area contributed by atoms with Gasteiger partial charge in [-0.05, 0) is 47.5 Å². The molecular weight excluding hydrogens is 250 g/mol. The fourth-order valence-corrected chi connectivity index (χ4v) is 3.35. The smallest absolute Gasteiger partial charge is 0.0588 e. The quantitative estimate of drug-likeness (QED) is 0.857. The highest BCUT2D eigenvalue weighted by molar-refractivity contribution is 7.10. The molecule has 0 radical (unpaired) electrons. The van der Waals surface area contributed by atoms with Gasteiger partial charge in [0.2, 0.25) is 0 Å². The number of thiophene rings is 1. The summed E-state index contributed by atoms with van der Waals surface area (Å²) < 4.78 is 0. The number of aryl methyl sites for hydroxylation is 1. The van der Waals surface area contributed by atoms with Crippen molar-refractivity contribution < 1.29 is 0 Å². The Bertz CT molecular complexity index is 548. The zero-order chi connectivity index (χ0) is 14.0. The molecule has 0 aliphatic rings. The summed E-state index contributed by atoms with van der Waals surface area (Å²) in [5.74, 6) is 0. The van der Waals surface area contributed by atoms with Gasteiger partial charge in [-0.15, -0.1) is 11.3 Å². The molecule has 0 saturated heterocycles. The number of hydrogen-bond acceptors (Lipinski definition) is 2. The third-order valence-corrected chi connectivity index (χ3v) is 4.44. The lowest BCUT2D eigenvalue weighted by Gasteiger charge is -2.27. The summed E-state index contributed by atoms with van der Waals surface area (Å²) in [5.41, 5.74) is 4.36. The Labute approximate surface area is 120 Å². The van der Waals surface area contributed by atoms with Crippen LogP contribution >= 0.6 is 11.3 Å². The minimum absolute atomic E-state index is 0.162. The van der Waals surface area contributed by atoms with E-state index in [9.17, 15) is 0 Å². The summed E-state index contributed by atoms with van der Waals surface area (Å²) in [7, 11) is 2.04. The molecule has 0 amide bonds. The summed E-state index contributed by atoms with van der Waals surface area (Å²) in [6.45, 7) is 9.03. The van der Waals surface area contributed by atoms with Gasteiger partial charge in [0, 0.05) is 4.88 Å². The van der Waals surface area contributed by atoms with E-state index >= 15 is 0 Å². The van der Waals surface area contributed by atoms with Gasteiger partial charge < -0.3 is 5.32 Å². The minimum Gasteiger partial charge on any atom is -0.309 e. The first kappa shape index (κ1) is 14.3. The molecule has 0 saturated carbocycles. The fraction of sp³-hybridized carbons (Fsp3) is 0.412. The normalized spacial score (nSPS) is 13.5. The van der Waals surface area contributed by atoms with E-state index < -0.39 is 0 Å². The van der Waals surface area contributed by atoms with E-state index in [1.54, 1.807) is 0 Å². The number of rotatable bonds is 3. The van der Waals surface area contributed by atoms with Crippen molar-refractivity contribution in [2.75, 3.05) is 7.05 Å². The second-order valence-electron chi connectivity index (χ2n) is 5.99. The molecule has 1 N–H and O–H groups in total. The molecule has 102 valence electrons. The van der Waals surface area contributed by atoms with Gasteiger partial charge >= 0.3 is 0 Å². The summed E-state index contributed by atoms with van der Waals surface area (Å²) in [4.78, 5) is 1.39. The van der Waals surface area contributed by atoms with Crippen molar-refractivity contribution >= 4 is 11.3 Å². The monoisotopic (exact) mass is 273 g/mol. The molecule has 0 spiro atoms. The highest BCUT2D eigenvalue weighted by atomic mass is 32.1. The fourth-order valence-electron chi connectivity index (χ4n) is 2.60. The summed E-state index contributed by atoms with van der Waals surface area (Å²) in [6, 6.07) is 11.3. The molecule has 0 fully saturated rings. The van der Waals surface area contributed by atoms with Gasteiger partial charge in [0.15, 0.2) is 0 Å². The van der Waals surface area contributed by atoms with E-state index in [0.29, 0.717) is 0 Å². The standard InChI is InChI=1S/C17H23NS/c1-12-13(10-11-19-12)16(18-5)14-8-6-7-9-15(14)17(2,3)4/h6-11,16,18H,1-5H3. The summed E-state index contributed by atoms with van der Waals surface area (Å²) in [5, 5.41) is 5.66. The number of benzene rings is 1. The minimum atomic E-state index is 0.162. The maximum absolute atomic E-state index is 3.48. The molecule has 0 aliphatic heterocycles. The van der Waals surface area contributed by atoms with Gasteiger partial charge in [-0.25, -0.2) is 0 Å². The van der Waals surface area contributed by atoms with Gasteiger partial charge in [0.05, 0.1) is 6.04 Å². The highest BCUT2D eigenvalue weighted by Gasteiger charge is 2.23. The average molecular weight is 273 g/mol. The van der Waals surface area contributed by atoms with Crippen molar-refractivity contribution in [3.63, 3.8) is 0 Å². The number of hydrogen-bond donors (Lipinski definition) is 1. The third kappa shape index (κ3) is 2.90. The Morgan fingerprint density at radius 1 is 1.05 bits per heavy atom. The topological polar surface area (TPSA) is 12.0 Å². The van der Waals surface area contributed by atoms with Crippen LogP contribution in [-0.2, 0) is 5.41 Å². The summed E-state index contributed by atoms with van der Waals surface area (Å²) in [6.07, 6.45) is 0. The molecule has 0 bridgehead atoms. The van der Waals surface area contributed by atoms with Crippen molar-refractivity contribution in [3.8, 4) is 0 Å². The van der Waals surface area contributed by atoms with Crippen LogP contribution in [0, 0.1) is 6.92 Å². The molecule has 1 nitrogen and oxygen atoms in total. The summed E-state index contributed by atoms with van der Waals surface area (Å²) >= 11 is 1.82. The third-order valence-electron chi connectivity index (χ3n) is 3.58. The van der Waals surface area contributed by atoms with Crippen LogP contribution in [-0.4, -0.2) is 7.05 Å². The van der Waals surface area contributed by atoms with Crippen LogP contribution in [0.25, 0.3) is 0 Å². The van der Waals surface area contributed by atoms with Crippen LogP contribution in [0.2, 0.25) is 0 Å². The Balaban J connectivity index is 2.54. The van der Waals surface area contributed by atoms with Crippen LogP contribution < -0.4 is 5.32 Å². The van der Waals surface area contributed by atoms with Crippen LogP contribution in [0.3, 0.4) is 0 Å². The Hall–Kier alpha value is -1.12. The maximum atomic E-state index is 3.48. The molecule has 1 unspecified atom stereocenters. The lowest BCUT2D eigenvalue weighted by atomic mass is 9.80. The lowest BCUT2D eigenvalue weighted by molar-refractivity contribution is 0.567. The Kier molecular flexibility index (Phi) is 4.12. The highest BCUT2D eigenvalue weighted by Crippen LogP contribution is 2.34. The van der Waals surface area contributed by atoms with Crippen LogP contribution in [0.15, 0.2) is 35.7 Å². The van der Waals surface area contributed by atoms with Crippen molar-refractivity contribution in [1.29, 1.82) is 0 Å². The predicted octanol–water partition coefficient (Wildman–Crippen LogP) is 4.66. The molecule has 1 atom stereocenters. The Morgan fingerprint density at radius 2 is 1.74 bits per heavy atom. The van der Waals surface area contributed by atoms with E-state index in [1.807, 2.05) is 18.4 Å². The molecule has 2 heteroatoms. The molecule has 1 aromatic carbocycles. The molecule has 2 aromatic rings. The van der Waals surface area contributed by atoms with Crippen molar-refractivity contribution in [2.24, 2.45) is 0 Å². The molecule has 1 aromatic heterocycles. The van der Waals surface area contributed by atoms with Gasteiger partial charge in [-0.2, -0.15) is 0 Å². The predicted molar refractivity (Wildman–Crippen MR) is 85.1 cm³/mol. The van der Waals surface area contributed by atoms with Crippen molar-refractivity contribution in [3.05, 3.63) is 57.3 Å². The number of nitrogens with one attached hydrogen (secondary N) is 1. The van der Waals surface area contributed by atoms with Gasteiger partial charge in [-0.3, -0.25) is 0 Å². The van der Waals surface area contributed by atoms with Gasteiger partial charge in [-0.1, -0.05) is 45.0 Å². The second kappa shape index (κ2) is 5.48. The van der Waals surface area contributed by atoms with Crippen molar-refractivity contribution in [2.45, 2.75) is 39.2 Å². The first-order valence-electron chi connectivity index (χ1n) is 6.76. The van der Waals surface area contributed by atoms with E-state index in [2.05, 4.69) is 68.7 Å². The zero-order valence-corrected chi connectivity index (χ0v) is 13.3. The maximum Gasteiger partial charge on any atom is 0.0588 e. The second-order valence-corrected chi connectivity index (χ2v) is 7.11. The molecule has 2 rings (SSSR count). The van der Waals surface area contributed by atoms with E-state index in [1.165, 1.54) is 21.6 Å². The largest absolute Gasteiger partial charge is 0.309 e. The van der Waals surface area contributed by atoms with Crippen molar-refractivity contribution in [1.82, 2.24) is 5.32 Å². The van der Waals surface area contributed by atoms with Crippen LogP contribution in [0.4, 0.5) is 0 Å². The molecule has 0 aliphatic carbocycles. The first-order valence-corrected chi connectivity index (χ1v) is 7.63. The molecular formula is C17H23NS. The average Bonchev–Trinajstić information content (AvgIpc) is 2.76. The van der Waals surface area contributed by atoms with E-state index in [-0.39, 0.29) is 11.5 Å². The van der Waals surface area contributed by atoms with Crippen LogP contribution in [0.1, 0.15) is 48.4 Å². The molecule has 1 heterocycles. The van der Waals surface area contributed by atoms with E-state index in [0.717, 1.165) is 0 Å². The zero-order valence-electron chi connectivity index (χ0n) is 12.4. The first-order chi connectivity index (χ1) is 8.95. The van der Waals surface area contributed by atoms with Gasteiger partial charge in [0.25, 0.3) is 0 Å². The molecule has 19 heavy (non-hydrogen) atoms. The lowest BCUT2D eigenvalue weighted by Crippen LogP contribution is -2.23. The Morgan fingerprint density at radius 3 is 2.26 bits per heavy atom. The van der Waals surface area contributed by atoms with Crippen LogP contribution in [0.5, 0.6) is 0 Å². The SMILES string of the molecule is CNC(c1ccccc1C(C)(C)C)c1ccsc1C. The van der Waals surface area contributed by atoms with Gasteiger partial charge in [0.1, 0.15) is 0 Å².